The van der Waals surface area contributed by atoms with E-state index in [0.717, 1.165) is 18.8 Å². The highest BCUT2D eigenvalue weighted by atomic mass is 35.5. The van der Waals surface area contributed by atoms with E-state index in [1.165, 1.54) is 96.3 Å². The van der Waals surface area contributed by atoms with E-state index in [2.05, 4.69) is 6.92 Å². The maximum Gasteiger partial charge on any atom is 0.0226 e. The van der Waals surface area contributed by atoms with Crippen molar-refractivity contribution in [2.24, 2.45) is 11.7 Å². The molecule has 0 aromatic rings. The summed E-state index contributed by atoms with van der Waals surface area (Å²) < 4.78 is 0. The van der Waals surface area contributed by atoms with Gasteiger partial charge in [0.05, 0.1) is 0 Å². The van der Waals surface area contributed by atoms with Crippen LogP contribution in [0.1, 0.15) is 110 Å². The van der Waals surface area contributed by atoms with E-state index in [-0.39, 0.29) is 0 Å². The predicted octanol–water partition coefficient (Wildman–Crippen LogP) is 7.06. The molecule has 0 saturated heterocycles. The number of hydrogen-bond donors (Lipinski definition) is 1. The molecule has 2 heteroatoms. The topological polar surface area (TPSA) is 26.0 Å². The maximum atomic E-state index is 5.78. The molecular formula is C20H42ClN. The molecule has 0 rings (SSSR count). The summed E-state index contributed by atoms with van der Waals surface area (Å²) in [7, 11) is 0. The third-order valence-corrected chi connectivity index (χ3v) is 5.03. The molecule has 1 nitrogen and oxygen atoms in total. The number of hydrogen-bond acceptors (Lipinski definition) is 1. The van der Waals surface area contributed by atoms with Gasteiger partial charge in [-0.25, -0.2) is 0 Å². The average molecular weight is 332 g/mol. The van der Waals surface area contributed by atoms with E-state index in [1.54, 1.807) is 0 Å². The van der Waals surface area contributed by atoms with Gasteiger partial charge in [-0.1, -0.05) is 96.8 Å². The Morgan fingerprint density at radius 1 is 0.636 bits per heavy atom. The summed E-state index contributed by atoms with van der Waals surface area (Å²) in [4.78, 5) is 0. The monoisotopic (exact) mass is 331 g/mol. The van der Waals surface area contributed by atoms with E-state index < -0.39 is 0 Å². The molecule has 0 aromatic carbocycles. The van der Waals surface area contributed by atoms with Gasteiger partial charge in [-0.3, -0.25) is 0 Å². The fourth-order valence-electron chi connectivity index (χ4n) is 3.16. The van der Waals surface area contributed by atoms with Crippen LogP contribution in [0.15, 0.2) is 0 Å². The summed E-state index contributed by atoms with van der Waals surface area (Å²) in [5.41, 5.74) is 5.75. The number of nitrogens with two attached hydrogens (primary N) is 1. The SMILES string of the molecule is CCCCCCCCCCCCCCCCC(CN)CCCl. The van der Waals surface area contributed by atoms with Crippen LogP contribution in [-0.4, -0.2) is 12.4 Å². The molecule has 0 aliphatic heterocycles. The molecule has 0 spiro atoms. The highest BCUT2D eigenvalue weighted by Crippen LogP contribution is 2.16. The molecule has 0 aliphatic carbocycles. The molecule has 134 valence electrons. The van der Waals surface area contributed by atoms with Crippen LogP contribution in [0.4, 0.5) is 0 Å². The molecule has 0 heterocycles. The van der Waals surface area contributed by atoms with Gasteiger partial charge in [-0.05, 0) is 25.3 Å². The maximum absolute atomic E-state index is 5.78. The van der Waals surface area contributed by atoms with Crippen molar-refractivity contribution in [1.29, 1.82) is 0 Å². The van der Waals surface area contributed by atoms with E-state index in [1.807, 2.05) is 0 Å². The minimum Gasteiger partial charge on any atom is -0.330 e. The Morgan fingerprint density at radius 3 is 1.41 bits per heavy atom. The summed E-state index contributed by atoms with van der Waals surface area (Å²) in [6, 6.07) is 0. The third-order valence-electron chi connectivity index (χ3n) is 4.82. The first-order valence-electron chi connectivity index (χ1n) is 10.1. The van der Waals surface area contributed by atoms with Gasteiger partial charge in [-0.2, -0.15) is 0 Å². The second-order valence-electron chi connectivity index (χ2n) is 6.96. The Morgan fingerprint density at radius 2 is 1.05 bits per heavy atom. The quantitative estimate of drug-likeness (QED) is 0.211. The van der Waals surface area contributed by atoms with Crippen LogP contribution in [-0.2, 0) is 0 Å². The normalized spacial score (nSPS) is 12.7. The lowest BCUT2D eigenvalue weighted by molar-refractivity contribution is 0.447. The lowest BCUT2D eigenvalue weighted by Gasteiger charge is -2.12. The van der Waals surface area contributed by atoms with Crippen LogP contribution >= 0.6 is 11.6 Å². The van der Waals surface area contributed by atoms with Gasteiger partial charge in [0.2, 0.25) is 0 Å². The van der Waals surface area contributed by atoms with E-state index >= 15 is 0 Å². The second kappa shape index (κ2) is 19.3. The molecule has 0 saturated carbocycles. The molecule has 0 amide bonds. The van der Waals surface area contributed by atoms with E-state index in [9.17, 15) is 0 Å². The Labute approximate surface area is 145 Å². The average Bonchev–Trinajstić information content (AvgIpc) is 2.54. The van der Waals surface area contributed by atoms with Crippen molar-refractivity contribution < 1.29 is 0 Å². The van der Waals surface area contributed by atoms with Gasteiger partial charge in [0.1, 0.15) is 0 Å². The highest BCUT2D eigenvalue weighted by Gasteiger charge is 2.04. The van der Waals surface area contributed by atoms with Gasteiger partial charge in [0, 0.05) is 5.88 Å². The molecular weight excluding hydrogens is 290 g/mol. The van der Waals surface area contributed by atoms with Crippen LogP contribution < -0.4 is 5.73 Å². The second-order valence-corrected chi connectivity index (χ2v) is 7.34. The van der Waals surface area contributed by atoms with Crippen molar-refractivity contribution in [3.05, 3.63) is 0 Å². The van der Waals surface area contributed by atoms with Crippen LogP contribution in [0.25, 0.3) is 0 Å². The molecule has 1 atom stereocenters. The van der Waals surface area contributed by atoms with E-state index in [4.69, 9.17) is 17.3 Å². The lowest BCUT2D eigenvalue weighted by atomic mass is 9.98. The van der Waals surface area contributed by atoms with E-state index in [0.29, 0.717) is 5.92 Å². The van der Waals surface area contributed by atoms with Crippen molar-refractivity contribution in [2.75, 3.05) is 12.4 Å². The van der Waals surface area contributed by atoms with Crippen molar-refractivity contribution in [3.63, 3.8) is 0 Å². The summed E-state index contributed by atoms with van der Waals surface area (Å²) in [5, 5.41) is 0. The van der Waals surface area contributed by atoms with Gasteiger partial charge in [0.15, 0.2) is 0 Å². The van der Waals surface area contributed by atoms with Crippen molar-refractivity contribution in [2.45, 2.75) is 110 Å². The zero-order valence-electron chi connectivity index (χ0n) is 15.3. The number of unbranched alkanes of at least 4 members (excludes halogenated alkanes) is 13. The molecule has 22 heavy (non-hydrogen) atoms. The summed E-state index contributed by atoms with van der Waals surface area (Å²) in [6.07, 6.45) is 22.4. The number of halogens is 1. The Kier molecular flexibility index (Phi) is 19.5. The van der Waals surface area contributed by atoms with Crippen molar-refractivity contribution >= 4 is 11.6 Å². The largest absolute Gasteiger partial charge is 0.330 e. The minimum absolute atomic E-state index is 0.662. The molecule has 2 N–H and O–H groups in total. The fourth-order valence-corrected chi connectivity index (χ4v) is 3.47. The molecule has 0 fully saturated rings. The first-order chi connectivity index (χ1) is 10.8. The third kappa shape index (κ3) is 16.6. The summed E-state index contributed by atoms with van der Waals surface area (Å²) in [5.74, 6) is 1.43. The van der Waals surface area contributed by atoms with Gasteiger partial charge in [0.25, 0.3) is 0 Å². The van der Waals surface area contributed by atoms with Crippen LogP contribution in [0.3, 0.4) is 0 Å². The van der Waals surface area contributed by atoms with Crippen molar-refractivity contribution in [3.8, 4) is 0 Å². The van der Waals surface area contributed by atoms with Gasteiger partial charge < -0.3 is 5.73 Å². The smallest absolute Gasteiger partial charge is 0.0226 e. The zero-order valence-corrected chi connectivity index (χ0v) is 16.0. The minimum atomic E-state index is 0.662. The molecule has 0 aromatic heterocycles. The lowest BCUT2D eigenvalue weighted by Crippen LogP contribution is -2.14. The molecule has 0 aliphatic rings. The zero-order chi connectivity index (χ0) is 16.3. The first-order valence-corrected chi connectivity index (χ1v) is 10.6. The summed E-state index contributed by atoms with van der Waals surface area (Å²) in [6.45, 7) is 3.10. The molecule has 1 unspecified atom stereocenters. The summed E-state index contributed by atoms with van der Waals surface area (Å²) >= 11 is 5.78. The van der Waals surface area contributed by atoms with Gasteiger partial charge >= 0.3 is 0 Å². The molecule has 0 bridgehead atoms. The van der Waals surface area contributed by atoms with Gasteiger partial charge in [-0.15, -0.1) is 11.6 Å². The Bertz CT molecular complexity index is 196. The Balaban J connectivity index is 3.08. The van der Waals surface area contributed by atoms with Crippen molar-refractivity contribution in [1.82, 2.24) is 0 Å². The number of rotatable bonds is 18. The predicted molar refractivity (Wildman–Crippen MR) is 103 cm³/mol. The molecule has 0 radical (unpaired) electrons. The first kappa shape index (κ1) is 22.2. The Hall–Kier alpha value is 0.250. The standard InChI is InChI=1S/C20H42ClN/c1-2-3-4-5-6-7-8-9-10-11-12-13-14-15-16-20(19-22)17-18-21/h20H,2-19,22H2,1H3. The van der Waals surface area contributed by atoms with Crippen LogP contribution in [0.5, 0.6) is 0 Å². The van der Waals surface area contributed by atoms with Crippen LogP contribution in [0, 0.1) is 5.92 Å². The van der Waals surface area contributed by atoms with Crippen LogP contribution in [0.2, 0.25) is 0 Å². The highest BCUT2D eigenvalue weighted by molar-refractivity contribution is 6.17. The number of alkyl halides is 1. The fraction of sp³-hybridized carbons (Fsp3) is 1.00.